The molecule has 0 aromatic heterocycles. The molecule has 1 rings (SSSR count). The van der Waals surface area contributed by atoms with E-state index in [1.807, 2.05) is 0 Å². The van der Waals surface area contributed by atoms with E-state index in [1.165, 1.54) is 12.1 Å². The fraction of sp³-hybridized carbons (Fsp3) is 0.647. The Labute approximate surface area is 125 Å². The molecule has 4 heteroatoms. The summed E-state index contributed by atoms with van der Waals surface area (Å²) in [5.74, 6) is 0.878. The van der Waals surface area contributed by atoms with Crippen LogP contribution in [0.25, 0.3) is 0 Å². The molecule has 2 unspecified atom stereocenters. The van der Waals surface area contributed by atoms with Gasteiger partial charge >= 0.3 is 6.18 Å². The van der Waals surface area contributed by atoms with Gasteiger partial charge in [-0.2, -0.15) is 13.2 Å². The van der Waals surface area contributed by atoms with Crippen molar-refractivity contribution in [3.8, 4) is 0 Å². The highest BCUT2D eigenvalue weighted by Gasteiger charge is 2.30. The molecule has 1 nitrogen and oxygen atoms in total. The standard InChI is InChI=1S/C17H26F3N/c1-12(13(2)11-21-16(3,4)5)10-14-6-8-15(9-7-14)17(18,19)20/h6-9,12-13,21H,10-11H2,1-5H3. The van der Waals surface area contributed by atoms with Crippen molar-refractivity contribution in [3.05, 3.63) is 35.4 Å². The molecule has 0 aliphatic rings. The first-order valence-electron chi connectivity index (χ1n) is 7.40. The molecule has 0 bridgehead atoms. The lowest BCUT2D eigenvalue weighted by Crippen LogP contribution is -2.40. The zero-order valence-electron chi connectivity index (χ0n) is 13.5. The van der Waals surface area contributed by atoms with Gasteiger partial charge in [0, 0.05) is 5.54 Å². The van der Waals surface area contributed by atoms with Crippen molar-refractivity contribution in [2.75, 3.05) is 6.54 Å². The van der Waals surface area contributed by atoms with Gasteiger partial charge in [-0.05, 0) is 63.3 Å². The highest BCUT2D eigenvalue weighted by molar-refractivity contribution is 5.24. The average molecular weight is 301 g/mol. The minimum atomic E-state index is -4.26. The van der Waals surface area contributed by atoms with Crippen molar-refractivity contribution in [2.45, 2.75) is 52.8 Å². The molecule has 0 aliphatic carbocycles. The minimum Gasteiger partial charge on any atom is -0.312 e. The second-order valence-corrected chi connectivity index (χ2v) is 6.98. The number of halogens is 3. The molecule has 1 N–H and O–H groups in total. The van der Waals surface area contributed by atoms with Crippen LogP contribution in [0.1, 0.15) is 45.7 Å². The van der Waals surface area contributed by atoms with Gasteiger partial charge in [0.2, 0.25) is 0 Å². The summed E-state index contributed by atoms with van der Waals surface area (Å²) in [4.78, 5) is 0. The van der Waals surface area contributed by atoms with Crippen LogP contribution < -0.4 is 5.32 Å². The third-order valence-corrected chi connectivity index (χ3v) is 3.76. The second-order valence-electron chi connectivity index (χ2n) is 6.98. The zero-order chi connectivity index (χ0) is 16.3. The number of benzene rings is 1. The van der Waals surface area contributed by atoms with E-state index in [1.54, 1.807) is 12.1 Å². The first kappa shape index (κ1) is 18.0. The second kappa shape index (κ2) is 6.82. The van der Waals surface area contributed by atoms with Gasteiger partial charge in [-0.25, -0.2) is 0 Å². The topological polar surface area (TPSA) is 12.0 Å². The van der Waals surface area contributed by atoms with E-state index < -0.39 is 11.7 Å². The smallest absolute Gasteiger partial charge is 0.312 e. The van der Waals surface area contributed by atoms with E-state index in [9.17, 15) is 13.2 Å². The molecule has 0 saturated carbocycles. The number of hydrogen-bond donors (Lipinski definition) is 1. The third-order valence-electron chi connectivity index (χ3n) is 3.76. The lowest BCUT2D eigenvalue weighted by atomic mass is 9.89. The average Bonchev–Trinajstić information content (AvgIpc) is 2.34. The van der Waals surface area contributed by atoms with E-state index in [0.717, 1.165) is 18.5 Å². The summed E-state index contributed by atoms with van der Waals surface area (Å²) in [5.41, 5.74) is 0.460. The van der Waals surface area contributed by atoms with Crippen LogP contribution >= 0.6 is 0 Å². The van der Waals surface area contributed by atoms with Crippen molar-refractivity contribution < 1.29 is 13.2 Å². The molecule has 0 fully saturated rings. The Bertz CT molecular complexity index is 429. The first-order valence-corrected chi connectivity index (χ1v) is 7.40. The van der Waals surface area contributed by atoms with E-state index in [0.29, 0.717) is 11.8 Å². The fourth-order valence-electron chi connectivity index (χ4n) is 2.07. The van der Waals surface area contributed by atoms with Crippen LogP contribution in [0.15, 0.2) is 24.3 Å². The first-order chi connectivity index (χ1) is 9.49. The molecule has 1 aromatic rings. The summed E-state index contributed by atoms with van der Waals surface area (Å²) in [7, 11) is 0. The Kier molecular flexibility index (Phi) is 5.85. The largest absolute Gasteiger partial charge is 0.416 e. The highest BCUT2D eigenvalue weighted by atomic mass is 19.4. The van der Waals surface area contributed by atoms with Gasteiger partial charge in [0.15, 0.2) is 0 Å². The van der Waals surface area contributed by atoms with Crippen molar-refractivity contribution in [1.29, 1.82) is 0 Å². The van der Waals surface area contributed by atoms with E-state index >= 15 is 0 Å². The molecular formula is C17H26F3N. The molecule has 0 amide bonds. The third kappa shape index (κ3) is 6.51. The molecule has 2 atom stereocenters. The van der Waals surface area contributed by atoms with E-state index in [-0.39, 0.29) is 5.54 Å². The fourth-order valence-corrected chi connectivity index (χ4v) is 2.07. The maximum Gasteiger partial charge on any atom is 0.416 e. The molecule has 0 heterocycles. The zero-order valence-corrected chi connectivity index (χ0v) is 13.5. The predicted molar refractivity (Wildman–Crippen MR) is 81.2 cm³/mol. The molecule has 0 spiro atoms. The SMILES string of the molecule is CC(CNC(C)(C)C)C(C)Cc1ccc(C(F)(F)F)cc1. The van der Waals surface area contributed by atoms with Gasteiger partial charge in [0.25, 0.3) is 0 Å². The Morgan fingerprint density at radius 3 is 1.90 bits per heavy atom. The van der Waals surface area contributed by atoms with Crippen molar-refractivity contribution in [1.82, 2.24) is 5.32 Å². The van der Waals surface area contributed by atoms with Crippen molar-refractivity contribution in [3.63, 3.8) is 0 Å². The molecular weight excluding hydrogens is 275 g/mol. The van der Waals surface area contributed by atoms with E-state index in [2.05, 4.69) is 39.9 Å². The Hall–Kier alpha value is -1.03. The summed E-state index contributed by atoms with van der Waals surface area (Å²) in [6, 6.07) is 5.51. The molecule has 0 saturated heterocycles. The number of rotatable bonds is 5. The van der Waals surface area contributed by atoms with Crippen LogP contribution in [0.5, 0.6) is 0 Å². The molecule has 1 aromatic carbocycles. The molecule has 0 radical (unpaired) electrons. The number of nitrogens with one attached hydrogen (secondary N) is 1. The normalized spacial score (nSPS) is 15.8. The van der Waals surface area contributed by atoms with Gasteiger partial charge in [-0.3, -0.25) is 0 Å². The summed E-state index contributed by atoms with van der Waals surface area (Å²) in [6.45, 7) is 11.6. The summed E-state index contributed by atoms with van der Waals surface area (Å²) in [5, 5.41) is 3.47. The highest BCUT2D eigenvalue weighted by Crippen LogP contribution is 2.29. The maximum atomic E-state index is 12.5. The van der Waals surface area contributed by atoms with Crippen LogP contribution in [-0.2, 0) is 12.6 Å². The number of alkyl halides is 3. The predicted octanol–water partition coefficient (Wildman–Crippen LogP) is 4.91. The van der Waals surface area contributed by atoms with Crippen LogP contribution in [0, 0.1) is 11.8 Å². The van der Waals surface area contributed by atoms with Crippen LogP contribution in [0.4, 0.5) is 13.2 Å². The summed E-state index contributed by atoms with van der Waals surface area (Å²) < 4.78 is 37.5. The van der Waals surface area contributed by atoms with Gasteiger partial charge in [-0.15, -0.1) is 0 Å². The monoisotopic (exact) mass is 301 g/mol. The van der Waals surface area contributed by atoms with Gasteiger partial charge in [0.1, 0.15) is 0 Å². The molecule has 21 heavy (non-hydrogen) atoms. The van der Waals surface area contributed by atoms with Crippen LogP contribution in [0.2, 0.25) is 0 Å². The van der Waals surface area contributed by atoms with Crippen molar-refractivity contribution >= 4 is 0 Å². The van der Waals surface area contributed by atoms with Gasteiger partial charge < -0.3 is 5.32 Å². The molecule has 0 aliphatic heterocycles. The van der Waals surface area contributed by atoms with Gasteiger partial charge in [-0.1, -0.05) is 26.0 Å². The minimum absolute atomic E-state index is 0.0857. The summed E-state index contributed by atoms with van der Waals surface area (Å²) in [6.07, 6.45) is -3.46. The maximum absolute atomic E-state index is 12.5. The van der Waals surface area contributed by atoms with Gasteiger partial charge in [0.05, 0.1) is 5.56 Å². The Morgan fingerprint density at radius 2 is 1.48 bits per heavy atom. The van der Waals surface area contributed by atoms with Crippen molar-refractivity contribution in [2.24, 2.45) is 11.8 Å². The Morgan fingerprint density at radius 1 is 0.952 bits per heavy atom. The van der Waals surface area contributed by atoms with E-state index in [4.69, 9.17) is 0 Å². The molecule has 120 valence electrons. The lowest BCUT2D eigenvalue weighted by Gasteiger charge is -2.26. The Balaban J connectivity index is 2.56. The quantitative estimate of drug-likeness (QED) is 0.815. The lowest BCUT2D eigenvalue weighted by molar-refractivity contribution is -0.137. The number of hydrogen-bond acceptors (Lipinski definition) is 1. The summed E-state index contributed by atoms with van der Waals surface area (Å²) >= 11 is 0. The van der Waals surface area contributed by atoms with Crippen LogP contribution in [0.3, 0.4) is 0 Å². The van der Waals surface area contributed by atoms with Crippen LogP contribution in [-0.4, -0.2) is 12.1 Å².